The molecule has 162 valence electrons. The van der Waals surface area contributed by atoms with E-state index in [4.69, 9.17) is 9.47 Å². The molecular weight excluding hydrogens is 384 g/mol. The zero-order valence-corrected chi connectivity index (χ0v) is 18.1. The van der Waals surface area contributed by atoms with Crippen LogP contribution >= 0.6 is 0 Å². The molecule has 0 aromatic carbocycles. The van der Waals surface area contributed by atoms with Crippen molar-refractivity contribution in [2.75, 3.05) is 13.2 Å². The number of nitrogens with one attached hydrogen (secondary N) is 1. The van der Waals surface area contributed by atoms with E-state index in [2.05, 4.69) is 34.1 Å². The Labute approximate surface area is 176 Å². The minimum atomic E-state index is -0.313. The molecule has 0 spiro atoms. The van der Waals surface area contributed by atoms with Crippen LogP contribution in [0.4, 0.5) is 0 Å². The number of unbranched alkanes of at least 4 members (excludes halogenated alkanes) is 2. The lowest BCUT2D eigenvalue weighted by molar-refractivity contribution is 0.261. The van der Waals surface area contributed by atoms with Gasteiger partial charge < -0.3 is 9.47 Å². The first-order chi connectivity index (χ1) is 14.5. The Morgan fingerprint density at radius 1 is 1.07 bits per heavy atom. The molecule has 3 heterocycles. The minimum absolute atomic E-state index is 0.300. The van der Waals surface area contributed by atoms with E-state index in [0.717, 1.165) is 37.1 Å². The number of pyridine rings is 1. The lowest BCUT2D eigenvalue weighted by atomic mass is 10.3. The summed E-state index contributed by atoms with van der Waals surface area (Å²) in [6.45, 7) is 7.69. The Morgan fingerprint density at radius 2 is 1.77 bits per heavy atom. The van der Waals surface area contributed by atoms with E-state index >= 15 is 0 Å². The minimum Gasteiger partial charge on any atom is -0.490 e. The van der Waals surface area contributed by atoms with Gasteiger partial charge >= 0.3 is 5.69 Å². The van der Waals surface area contributed by atoms with Crippen LogP contribution in [-0.2, 0) is 13.6 Å². The topological polar surface area (TPSA) is 99.9 Å². The second kappa shape index (κ2) is 10.1. The number of aromatic nitrogens is 6. The first kappa shape index (κ1) is 21.6. The summed E-state index contributed by atoms with van der Waals surface area (Å²) in [5, 5.41) is 11.1. The molecule has 0 unspecified atom stereocenters. The van der Waals surface area contributed by atoms with Crippen molar-refractivity contribution < 1.29 is 9.47 Å². The van der Waals surface area contributed by atoms with Gasteiger partial charge in [0.05, 0.1) is 31.6 Å². The number of aromatic amines is 1. The maximum Gasteiger partial charge on any atom is 0.343 e. The van der Waals surface area contributed by atoms with Crippen molar-refractivity contribution in [2.24, 2.45) is 7.05 Å². The first-order valence-corrected chi connectivity index (χ1v) is 10.4. The third kappa shape index (κ3) is 5.08. The van der Waals surface area contributed by atoms with Gasteiger partial charge in [-0.2, -0.15) is 10.2 Å². The van der Waals surface area contributed by atoms with E-state index in [1.165, 1.54) is 4.57 Å². The summed E-state index contributed by atoms with van der Waals surface area (Å²) in [5.41, 5.74) is 2.02. The van der Waals surface area contributed by atoms with Gasteiger partial charge in [0.2, 0.25) is 0 Å². The van der Waals surface area contributed by atoms with Gasteiger partial charge in [0.15, 0.2) is 17.3 Å². The average molecular weight is 415 g/mol. The SMILES string of the molecule is CCCCOc1cnc(-c2n[nH]c(=O)n2Cc2cc(C)n(C)n2)cc1OCCCC. The van der Waals surface area contributed by atoms with Crippen LogP contribution in [0.1, 0.15) is 50.9 Å². The standard InChI is InChI=1S/C21H30N6O3/c1-5-7-9-29-18-12-17(22-13-19(18)30-10-8-6-2)20-23-24-21(28)27(20)14-16-11-15(3)26(4)25-16/h11-13H,5-10,14H2,1-4H3,(H,24,28). The van der Waals surface area contributed by atoms with Crippen LogP contribution in [0.2, 0.25) is 0 Å². The fourth-order valence-corrected chi connectivity index (χ4v) is 2.95. The predicted octanol–water partition coefficient (Wildman–Crippen LogP) is 3.08. The second-order valence-corrected chi connectivity index (χ2v) is 7.26. The summed E-state index contributed by atoms with van der Waals surface area (Å²) in [5.74, 6) is 1.65. The number of H-pyrrole nitrogens is 1. The van der Waals surface area contributed by atoms with Gasteiger partial charge in [0.25, 0.3) is 0 Å². The molecular formula is C21H30N6O3. The largest absolute Gasteiger partial charge is 0.490 e. The fraction of sp³-hybridized carbons (Fsp3) is 0.524. The first-order valence-electron chi connectivity index (χ1n) is 10.4. The highest BCUT2D eigenvalue weighted by molar-refractivity contribution is 5.55. The van der Waals surface area contributed by atoms with Crippen LogP contribution < -0.4 is 15.2 Å². The van der Waals surface area contributed by atoms with Crippen molar-refractivity contribution in [3.8, 4) is 23.0 Å². The Hall–Kier alpha value is -3.10. The van der Waals surface area contributed by atoms with Crippen LogP contribution in [0.3, 0.4) is 0 Å². The van der Waals surface area contributed by atoms with Crippen LogP contribution in [0, 0.1) is 6.92 Å². The van der Waals surface area contributed by atoms with Crippen LogP contribution in [0.15, 0.2) is 23.1 Å². The average Bonchev–Trinajstić information content (AvgIpc) is 3.25. The maximum atomic E-state index is 12.4. The van der Waals surface area contributed by atoms with Gasteiger partial charge in [-0.3, -0.25) is 9.25 Å². The van der Waals surface area contributed by atoms with E-state index in [9.17, 15) is 4.79 Å². The van der Waals surface area contributed by atoms with Crippen molar-refractivity contribution in [2.45, 2.75) is 53.0 Å². The van der Waals surface area contributed by atoms with Gasteiger partial charge in [0, 0.05) is 18.8 Å². The van der Waals surface area contributed by atoms with Crippen LogP contribution in [-0.4, -0.2) is 42.7 Å². The molecule has 1 N–H and O–H groups in total. The van der Waals surface area contributed by atoms with Gasteiger partial charge in [0.1, 0.15) is 5.69 Å². The molecule has 0 amide bonds. The molecule has 0 aliphatic carbocycles. The van der Waals surface area contributed by atoms with Crippen molar-refractivity contribution in [3.63, 3.8) is 0 Å². The molecule has 0 saturated heterocycles. The molecule has 3 aromatic rings. The van der Waals surface area contributed by atoms with Crippen LogP contribution in [0.25, 0.3) is 11.5 Å². The molecule has 0 radical (unpaired) electrons. The van der Waals surface area contributed by atoms with Crippen LogP contribution in [0.5, 0.6) is 11.5 Å². The number of nitrogens with zero attached hydrogens (tertiary/aromatic N) is 5. The smallest absolute Gasteiger partial charge is 0.343 e. The number of hydrogen-bond donors (Lipinski definition) is 1. The molecule has 0 bridgehead atoms. The van der Waals surface area contributed by atoms with E-state index in [-0.39, 0.29) is 5.69 Å². The molecule has 0 aliphatic rings. The number of rotatable bonds is 11. The fourth-order valence-electron chi connectivity index (χ4n) is 2.95. The summed E-state index contributed by atoms with van der Waals surface area (Å²) >= 11 is 0. The van der Waals surface area contributed by atoms with Crippen molar-refractivity contribution in [3.05, 3.63) is 40.2 Å². The highest BCUT2D eigenvalue weighted by Gasteiger charge is 2.17. The monoisotopic (exact) mass is 414 g/mol. The Kier molecular flexibility index (Phi) is 7.26. The third-order valence-corrected chi connectivity index (χ3v) is 4.81. The van der Waals surface area contributed by atoms with Crippen molar-refractivity contribution >= 4 is 0 Å². The molecule has 0 atom stereocenters. The summed E-state index contributed by atoms with van der Waals surface area (Å²) in [7, 11) is 1.87. The number of hydrogen-bond acceptors (Lipinski definition) is 6. The Morgan fingerprint density at radius 3 is 2.40 bits per heavy atom. The quantitative estimate of drug-likeness (QED) is 0.484. The van der Waals surface area contributed by atoms with Crippen molar-refractivity contribution in [1.82, 2.24) is 29.5 Å². The summed E-state index contributed by atoms with van der Waals surface area (Å²) < 4.78 is 15.1. The van der Waals surface area contributed by atoms with E-state index < -0.39 is 0 Å². The van der Waals surface area contributed by atoms with Crippen molar-refractivity contribution in [1.29, 1.82) is 0 Å². The summed E-state index contributed by atoms with van der Waals surface area (Å²) in [4.78, 5) is 16.9. The van der Waals surface area contributed by atoms with Gasteiger partial charge in [-0.05, 0) is 25.8 Å². The molecule has 3 aromatic heterocycles. The molecule has 9 nitrogen and oxygen atoms in total. The highest BCUT2D eigenvalue weighted by atomic mass is 16.5. The predicted molar refractivity (Wildman–Crippen MR) is 114 cm³/mol. The number of ether oxygens (including phenoxy) is 2. The van der Waals surface area contributed by atoms with Gasteiger partial charge in [-0.1, -0.05) is 26.7 Å². The number of aryl methyl sites for hydroxylation is 2. The highest BCUT2D eigenvalue weighted by Crippen LogP contribution is 2.30. The molecule has 3 rings (SSSR count). The van der Waals surface area contributed by atoms with Gasteiger partial charge in [-0.15, -0.1) is 0 Å². The third-order valence-electron chi connectivity index (χ3n) is 4.81. The maximum absolute atomic E-state index is 12.4. The summed E-state index contributed by atoms with van der Waals surface area (Å²) in [6.07, 6.45) is 5.62. The van der Waals surface area contributed by atoms with Gasteiger partial charge in [-0.25, -0.2) is 14.9 Å². The molecule has 9 heteroatoms. The molecule has 0 saturated carbocycles. The van der Waals surface area contributed by atoms with E-state index in [1.54, 1.807) is 16.9 Å². The lowest BCUT2D eigenvalue weighted by Crippen LogP contribution is -2.19. The Balaban J connectivity index is 1.90. The molecule has 30 heavy (non-hydrogen) atoms. The van der Waals surface area contributed by atoms with E-state index in [1.807, 2.05) is 20.0 Å². The zero-order valence-electron chi connectivity index (χ0n) is 18.1. The Bertz CT molecular complexity index is 1000. The molecule has 0 fully saturated rings. The zero-order chi connectivity index (χ0) is 21.5. The summed E-state index contributed by atoms with van der Waals surface area (Å²) in [6, 6.07) is 3.73. The normalized spacial score (nSPS) is 11.1. The second-order valence-electron chi connectivity index (χ2n) is 7.26. The lowest BCUT2D eigenvalue weighted by Gasteiger charge is -2.13. The van der Waals surface area contributed by atoms with E-state index in [0.29, 0.717) is 42.8 Å². The molecule has 0 aliphatic heterocycles.